The van der Waals surface area contributed by atoms with Crippen molar-refractivity contribution in [2.75, 3.05) is 0 Å². The highest BCUT2D eigenvalue weighted by Gasteiger charge is 2.16. The molecule has 0 aromatic carbocycles. The molecule has 0 aliphatic heterocycles. The summed E-state index contributed by atoms with van der Waals surface area (Å²) in [6.45, 7) is 0.501. The summed E-state index contributed by atoms with van der Waals surface area (Å²) in [6.07, 6.45) is 6.17. The van der Waals surface area contributed by atoms with Gasteiger partial charge in [0.1, 0.15) is 0 Å². The third kappa shape index (κ3) is 2.95. The lowest BCUT2D eigenvalue weighted by atomic mass is 9.88. The monoisotopic (exact) mass is 239 g/mol. The first-order chi connectivity index (χ1) is 7.75. The van der Waals surface area contributed by atoms with Crippen molar-refractivity contribution in [2.45, 2.75) is 38.6 Å². The summed E-state index contributed by atoms with van der Waals surface area (Å²) in [7, 11) is 0. The number of nitrogens with zero attached hydrogens (tertiary/aromatic N) is 1. The number of amidine groups is 1. The molecule has 1 aliphatic rings. The molecule has 0 spiro atoms. The van der Waals surface area contributed by atoms with E-state index in [0.29, 0.717) is 12.5 Å². The summed E-state index contributed by atoms with van der Waals surface area (Å²) >= 11 is 1.17. The molecule has 5 heteroatoms. The third-order valence-electron chi connectivity index (χ3n) is 3.03. The van der Waals surface area contributed by atoms with Crippen LogP contribution in [-0.4, -0.2) is 10.8 Å². The van der Waals surface area contributed by atoms with Crippen LogP contribution in [0.4, 0.5) is 0 Å². The van der Waals surface area contributed by atoms with Crippen molar-refractivity contribution in [1.29, 1.82) is 0 Å². The zero-order chi connectivity index (χ0) is 11.4. The van der Waals surface area contributed by atoms with Crippen molar-refractivity contribution < 1.29 is 0 Å². The lowest BCUT2D eigenvalue weighted by Gasteiger charge is -2.20. The van der Waals surface area contributed by atoms with Crippen LogP contribution >= 0.6 is 11.3 Å². The quantitative estimate of drug-likeness (QED) is 0.624. The molecular formula is C11H17N3OS. The van der Waals surface area contributed by atoms with Crippen LogP contribution in [0, 0.1) is 5.92 Å². The van der Waals surface area contributed by atoms with Gasteiger partial charge in [0.25, 0.3) is 0 Å². The van der Waals surface area contributed by atoms with E-state index in [9.17, 15) is 4.79 Å². The zero-order valence-corrected chi connectivity index (χ0v) is 10.1. The number of aromatic nitrogens is 1. The van der Waals surface area contributed by atoms with Gasteiger partial charge in [0.05, 0.1) is 18.1 Å². The van der Waals surface area contributed by atoms with Crippen molar-refractivity contribution in [3.63, 3.8) is 0 Å². The molecule has 16 heavy (non-hydrogen) atoms. The Morgan fingerprint density at radius 1 is 1.50 bits per heavy atom. The normalized spacial score (nSPS) is 18.9. The fourth-order valence-electron chi connectivity index (χ4n) is 2.10. The number of aliphatic imine (C=N–C) groups is 1. The van der Waals surface area contributed by atoms with Crippen LogP contribution in [0.25, 0.3) is 0 Å². The standard InChI is InChI=1S/C11H17N3OS/c12-10(8-4-2-1-3-5-8)13-6-9-7-16-11(15)14-9/h7-8H,1-6H2,(H2,12,13)(H,14,15). The third-order valence-corrected chi connectivity index (χ3v) is 3.74. The maximum absolute atomic E-state index is 10.9. The Balaban J connectivity index is 1.93. The summed E-state index contributed by atoms with van der Waals surface area (Å²) in [5.74, 6) is 1.21. The van der Waals surface area contributed by atoms with E-state index >= 15 is 0 Å². The molecule has 1 saturated carbocycles. The van der Waals surface area contributed by atoms with Gasteiger partial charge in [0, 0.05) is 11.3 Å². The molecule has 4 nitrogen and oxygen atoms in total. The topological polar surface area (TPSA) is 71.2 Å². The number of nitrogens with two attached hydrogens (primary N) is 1. The van der Waals surface area contributed by atoms with E-state index < -0.39 is 0 Å². The second-order valence-corrected chi connectivity index (χ2v) is 5.09. The second kappa shape index (κ2) is 5.30. The smallest absolute Gasteiger partial charge is 0.304 e. The van der Waals surface area contributed by atoms with Crippen LogP contribution in [-0.2, 0) is 6.54 Å². The van der Waals surface area contributed by atoms with Gasteiger partial charge in [-0.05, 0) is 12.8 Å². The van der Waals surface area contributed by atoms with Crippen LogP contribution in [0.1, 0.15) is 37.8 Å². The molecule has 1 heterocycles. The minimum absolute atomic E-state index is 0.0264. The summed E-state index contributed by atoms with van der Waals surface area (Å²) < 4.78 is 0. The first-order valence-corrected chi connectivity index (χ1v) is 6.60. The summed E-state index contributed by atoms with van der Waals surface area (Å²) in [4.78, 5) is 18.0. The van der Waals surface area contributed by atoms with Crippen LogP contribution < -0.4 is 10.6 Å². The molecule has 1 aromatic rings. The van der Waals surface area contributed by atoms with E-state index in [2.05, 4.69) is 9.98 Å². The average molecular weight is 239 g/mol. The van der Waals surface area contributed by atoms with Gasteiger partial charge in [-0.3, -0.25) is 9.79 Å². The van der Waals surface area contributed by atoms with E-state index in [1.54, 1.807) is 5.38 Å². The second-order valence-electron chi connectivity index (χ2n) is 4.25. The maximum atomic E-state index is 10.9. The van der Waals surface area contributed by atoms with Gasteiger partial charge >= 0.3 is 4.87 Å². The molecule has 3 N–H and O–H groups in total. The lowest BCUT2D eigenvalue weighted by molar-refractivity contribution is 0.436. The van der Waals surface area contributed by atoms with E-state index in [-0.39, 0.29) is 4.87 Å². The molecule has 2 rings (SSSR count). The van der Waals surface area contributed by atoms with Crippen LogP contribution in [0.15, 0.2) is 15.2 Å². The number of aromatic amines is 1. The number of hydrogen-bond donors (Lipinski definition) is 2. The Morgan fingerprint density at radius 3 is 2.88 bits per heavy atom. The van der Waals surface area contributed by atoms with Crippen molar-refractivity contribution >= 4 is 17.2 Å². The minimum atomic E-state index is -0.0264. The Kier molecular flexibility index (Phi) is 3.77. The van der Waals surface area contributed by atoms with Gasteiger partial charge in [0.15, 0.2) is 0 Å². The highest BCUT2D eigenvalue weighted by Crippen LogP contribution is 2.23. The molecule has 1 aromatic heterocycles. The fourth-order valence-corrected chi connectivity index (χ4v) is 2.67. The van der Waals surface area contributed by atoms with Gasteiger partial charge in [0.2, 0.25) is 0 Å². The summed E-state index contributed by atoms with van der Waals surface area (Å²) in [5.41, 5.74) is 6.82. The van der Waals surface area contributed by atoms with Crippen LogP contribution in [0.3, 0.4) is 0 Å². The van der Waals surface area contributed by atoms with Gasteiger partial charge in [-0.25, -0.2) is 0 Å². The van der Waals surface area contributed by atoms with E-state index in [0.717, 1.165) is 24.4 Å². The van der Waals surface area contributed by atoms with E-state index in [4.69, 9.17) is 5.73 Å². The lowest BCUT2D eigenvalue weighted by Crippen LogP contribution is -2.25. The predicted octanol–water partition coefficient (Wildman–Crippen LogP) is 1.87. The first-order valence-electron chi connectivity index (χ1n) is 5.72. The predicted molar refractivity (Wildman–Crippen MR) is 66.8 cm³/mol. The molecule has 0 amide bonds. The summed E-state index contributed by atoms with van der Waals surface area (Å²) in [6, 6.07) is 0. The molecule has 0 unspecified atom stereocenters. The van der Waals surface area contributed by atoms with Crippen LogP contribution in [0.5, 0.6) is 0 Å². The number of hydrogen-bond acceptors (Lipinski definition) is 3. The highest BCUT2D eigenvalue weighted by molar-refractivity contribution is 7.07. The Bertz CT molecular complexity index is 415. The Labute approximate surface area is 98.6 Å². The molecule has 0 saturated heterocycles. The number of nitrogens with one attached hydrogen (secondary N) is 1. The van der Waals surface area contributed by atoms with Crippen molar-refractivity contribution in [3.8, 4) is 0 Å². The molecule has 1 aliphatic carbocycles. The van der Waals surface area contributed by atoms with Crippen LogP contribution in [0.2, 0.25) is 0 Å². The summed E-state index contributed by atoms with van der Waals surface area (Å²) in [5, 5.41) is 1.81. The highest BCUT2D eigenvalue weighted by atomic mass is 32.1. The largest absolute Gasteiger partial charge is 0.387 e. The average Bonchev–Trinajstić information content (AvgIpc) is 2.73. The van der Waals surface area contributed by atoms with Gasteiger partial charge in [-0.1, -0.05) is 30.6 Å². The molecule has 88 valence electrons. The molecular weight excluding hydrogens is 222 g/mol. The van der Waals surface area contributed by atoms with Gasteiger partial charge in [-0.15, -0.1) is 0 Å². The Morgan fingerprint density at radius 2 is 2.25 bits per heavy atom. The first kappa shape index (κ1) is 11.4. The van der Waals surface area contributed by atoms with E-state index in [1.165, 1.54) is 30.6 Å². The zero-order valence-electron chi connectivity index (χ0n) is 9.24. The molecule has 0 radical (unpaired) electrons. The van der Waals surface area contributed by atoms with Gasteiger partial charge in [-0.2, -0.15) is 0 Å². The SMILES string of the molecule is NC(=NCc1csc(=O)[nH]1)C1CCCCC1. The minimum Gasteiger partial charge on any atom is -0.387 e. The van der Waals surface area contributed by atoms with Gasteiger partial charge < -0.3 is 10.7 Å². The van der Waals surface area contributed by atoms with Crippen molar-refractivity contribution in [3.05, 3.63) is 20.7 Å². The van der Waals surface area contributed by atoms with E-state index in [1.807, 2.05) is 0 Å². The molecule has 0 atom stereocenters. The fraction of sp³-hybridized carbons (Fsp3) is 0.636. The molecule has 1 fully saturated rings. The maximum Gasteiger partial charge on any atom is 0.304 e. The van der Waals surface area contributed by atoms with Crippen molar-refractivity contribution in [2.24, 2.45) is 16.6 Å². The van der Waals surface area contributed by atoms with Crippen molar-refractivity contribution in [1.82, 2.24) is 4.98 Å². The Hall–Kier alpha value is -1.10. The number of rotatable bonds is 3. The number of H-pyrrole nitrogens is 1. The molecule has 0 bridgehead atoms. The number of thiazole rings is 1.